The number of aliphatic hydroxyl groups is 1. The Morgan fingerprint density at radius 2 is 1.86 bits per heavy atom. The van der Waals surface area contributed by atoms with Crippen molar-refractivity contribution in [3.8, 4) is 11.5 Å². The maximum absolute atomic E-state index is 10.5. The lowest BCUT2D eigenvalue weighted by atomic mass is 9.91. The molecule has 9 heteroatoms. The van der Waals surface area contributed by atoms with Crippen molar-refractivity contribution in [1.82, 2.24) is 4.98 Å². The quantitative estimate of drug-likeness (QED) is 0.444. The van der Waals surface area contributed by atoms with Crippen molar-refractivity contribution in [1.29, 1.82) is 0 Å². The minimum absolute atomic E-state index is 0. The van der Waals surface area contributed by atoms with E-state index in [9.17, 15) is 5.11 Å². The van der Waals surface area contributed by atoms with Crippen molar-refractivity contribution in [3.05, 3.63) is 47.7 Å². The molecule has 2 aromatic rings. The Morgan fingerprint density at radius 1 is 1.14 bits per heavy atom. The average Bonchev–Trinajstić information content (AvgIpc) is 2.84. The Kier molecular flexibility index (Phi) is 12.3. The van der Waals surface area contributed by atoms with Gasteiger partial charge in [0.15, 0.2) is 6.23 Å². The van der Waals surface area contributed by atoms with Gasteiger partial charge in [0.25, 0.3) is 0 Å². The number of aryl methyl sites for hydroxylation is 1. The number of rotatable bonds is 6. The number of halogens is 3. The zero-order chi connectivity index (χ0) is 18.5. The van der Waals surface area contributed by atoms with Gasteiger partial charge in [-0.05, 0) is 73.4 Å². The van der Waals surface area contributed by atoms with Crippen molar-refractivity contribution >= 4 is 43.0 Å². The molecule has 0 fully saturated rings. The Labute approximate surface area is 190 Å². The van der Waals surface area contributed by atoms with Crippen LogP contribution in [0.3, 0.4) is 0 Å². The van der Waals surface area contributed by atoms with Crippen LogP contribution in [0.25, 0.3) is 0 Å². The van der Waals surface area contributed by atoms with Crippen LogP contribution in [0, 0.1) is 5.92 Å². The molecule has 0 radical (unpaired) electrons. The lowest BCUT2D eigenvalue weighted by Gasteiger charge is -2.24. The molecule has 3 rings (SSSR count). The lowest BCUT2D eigenvalue weighted by Crippen LogP contribution is -2.41. The summed E-state index contributed by atoms with van der Waals surface area (Å²) >= 11 is 0. The standard InChI is InChI=1S/C20H27N3O3.3ClH/c1-25-16-6-5-14-4-2-3-13(9-15(14)11-16)10-18(24)20(22)26-17-7-8-19(21)23-12-17;;;/h5-8,11-13,18,20,24H,2-4,9-10,22H2,1H3,(H2,21,23);3*1H/t13?,18-,20?;;;/m0.../s1. The first-order valence-corrected chi connectivity index (χ1v) is 9.03. The van der Waals surface area contributed by atoms with Gasteiger partial charge in [-0.1, -0.05) is 6.07 Å². The molecule has 0 bridgehead atoms. The van der Waals surface area contributed by atoms with E-state index in [1.807, 2.05) is 6.07 Å². The summed E-state index contributed by atoms with van der Waals surface area (Å²) in [6, 6.07) is 9.61. The van der Waals surface area contributed by atoms with Gasteiger partial charge in [-0.3, -0.25) is 5.73 Å². The average molecular weight is 467 g/mol. The van der Waals surface area contributed by atoms with Gasteiger partial charge in [0, 0.05) is 0 Å². The highest BCUT2D eigenvalue weighted by Crippen LogP contribution is 2.30. The topological polar surface area (TPSA) is 104 Å². The molecular weight excluding hydrogens is 437 g/mol. The van der Waals surface area contributed by atoms with Gasteiger partial charge < -0.3 is 20.3 Å². The predicted molar refractivity (Wildman–Crippen MR) is 123 cm³/mol. The van der Waals surface area contributed by atoms with Crippen LogP contribution in [0.2, 0.25) is 0 Å². The molecule has 0 saturated heterocycles. The van der Waals surface area contributed by atoms with Crippen molar-refractivity contribution in [2.75, 3.05) is 12.8 Å². The summed E-state index contributed by atoms with van der Waals surface area (Å²) in [5, 5.41) is 10.5. The first kappa shape index (κ1) is 27.6. The normalized spacial score (nSPS) is 17.1. The summed E-state index contributed by atoms with van der Waals surface area (Å²) in [6.45, 7) is 0. The molecular formula is C20H30Cl3N3O3. The number of ether oxygens (including phenoxy) is 2. The van der Waals surface area contributed by atoms with Crippen LogP contribution in [0.5, 0.6) is 11.5 Å². The second-order valence-corrected chi connectivity index (χ2v) is 6.90. The number of nitrogens with zero attached hydrogens (tertiary/aromatic N) is 1. The highest BCUT2D eigenvalue weighted by molar-refractivity contribution is 5.86. The van der Waals surface area contributed by atoms with Crippen LogP contribution in [-0.4, -0.2) is 29.5 Å². The molecule has 5 N–H and O–H groups in total. The van der Waals surface area contributed by atoms with E-state index in [0.717, 1.165) is 31.4 Å². The Balaban J connectivity index is 0.00000261. The molecule has 2 unspecified atom stereocenters. The van der Waals surface area contributed by atoms with Gasteiger partial charge in [0.1, 0.15) is 23.4 Å². The number of anilines is 1. The number of fused-ring (bicyclic) bond motifs is 1. The Bertz CT molecular complexity index is 735. The van der Waals surface area contributed by atoms with Crippen LogP contribution in [0.4, 0.5) is 5.82 Å². The molecule has 3 atom stereocenters. The van der Waals surface area contributed by atoms with E-state index in [4.69, 9.17) is 20.9 Å². The molecule has 0 spiro atoms. The maximum atomic E-state index is 10.5. The summed E-state index contributed by atoms with van der Waals surface area (Å²) in [7, 11) is 1.68. The second kappa shape index (κ2) is 13.0. The van der Waals surface area contributed by atoms with E-state index in [-0.39, 0.29) is 37.2 Å². The first-order chi connectivity index (χ1) is 12.5. The van der Waals surface area contributed by atoms with Gasteiger partial charge in [-0.2, -0.15) is 0 Å². The third-order valence-electron chi connectivity index (χ3n) is 4.97. The number of nitrogen functional groups attached to an aromatic ring is 1. The van der Waals surface area contributed by atoms with Gasteiger partial charge in [-0.25, -0.2) is 4.98 Å². The van der Waals surface area contributed by atoms with Gasteiger partial charge in [-0.15, -0.1) is 37.2 Å². The molecule has 29 heavy (non-hydrogen) atoms. The monoisotopic (exact) mass is 465 g/mol. The number of nitrogens with two attached hydrogens (primary N) is 2. The van der Waals surface area contributed by atoms with Crippen LogP contribution in [-0.2, 0) is 12.8 Å². The number of hydrogen-bond acceptors (Lipinski definition) is 6. The fourth-order valence-electron chi connectivity index (χ4n) is 3.53. The molecule has 0 aliphatic heterocycles. The third kappa shape index (κ3) is 7.72. The fourth-order valence-corrected chi connectivity index (χ4v) is 3.53. The summed E-state index contributed by atoms with van der Waals surface area (Å²) < 4.78 is 10.9. The fraction of sp³-hybridized carbons (Fsp3) is 0.450. The molecule has 1 aromatic carbocycles. The predicted octanol–water partition coefficient (Wildman–Crippen LogP) is 3.55. The summed E-state index contributed by atoms with van der Waals surface area (Å²) in [5.41, 5.74) is 14.3. The molecule has 164 valence electrons. The van der Waals surface area contributed by atoms with Crippen molar-refractivity contribution < 1.29 is 14.6 Å². The van der Waals surface area contributed by atoms with E-state index in [2.05, 4.69) is 17.1 Å². The minimum atomic E-state index is -0.798. The number of pyridine rings is 1. The summed E-state index contributed by atoms with van der Waals surface area (Å²) in [5.74, 6) is 2.15. The van der Waals surface area contributed by atoms with Crippen LogP contribution >= 0.6 is 37.2 Å². The molecule has 1 aliphatic rings. The number of benzene rings is 1. The summed E-state index contributed by atoms with van der Waals surface area (Å²) in [4.78, 5) is 3.96. The van der Waals surface area contributed by atoms with E-state index in [1.54, 1.807) is 19.2 Å². The van der Waals surface area contributed by atoms with Gasteiger partial charge in [0.2, 0.25) is 0 Å². The van der Waals surface area contributed by atoms with Gasteiger partial charge >= 0.3 is 0 Å². The van der Waals surface area contributed by atoms with Crippen molar-refractivity contribution in [2.24, 2.45) is 11.7 Å². The van der Waals surface area contributed by atoms with Crippen molar-refractivity contribution in [2.45, 2.75) is 44.4 Å². The Morgan fingerprint density at radius 3 is 2.52 bits per heavy atom. The van der Waals surface area contributed by atoms with E-state index < -0.39 is 12.3 Å². The van der Waals surface area contributed by atoms with Crippen molar-refractivity contribution in [3.63, 3.8) is 0 Å². The Hall–Kier alpha value is -1.44. The molecule has 6 nitrogen and oxygen atoms in total. The smallest absolute Gasteiger partial charge is 0.173 e. The lowest BCUT2D eigenvalue weighted by molar-refractivity contribution is 0.0228. The number of aliphatic hydroxyl groups excluding tert-OH is 1. The number of hydrogen-bond donors (Lipinski definition) is 3. The first-order valence-electron chi connectivity index (χ1n) is 9.03. The van der Waals surface area contributed by atoms with Crippen LogP contribution in [0.1, 0.15) is 30.4 Å². The number of methoxy groups -OCH3 is 1. The van der Waals surface area contributed by atoms with E-state index in [0.29, 0.717) is 23.9 Å². The number of aromatic nitrogens is 1. The van der Waals surface area contributed by atoms with Crippen LogP contribution in [0.15, 0.2) is 36.5 Å². The summed E-state index contributed by atoms with van der Waals surface area (Å²) in [6.07, 6.45) is 4.71. The van der Waals surface area contributed by atoms with E-state index >= 15 is 0 Å². The molecule has 1 heterocycles. The maximum Gasteiger partial charge on any atom is 0.173 e. The highest BCUT2D eigenvalue weighted by atomic mass is 35.5. The SMILES string of the molecule is COc1ccc2c(c1)CC(C[C@H](O)C(N)Oc1ccc(N)nc1)CCC2.Cl.Cl.Cl. The zero-order valence-corrected chi connectivity index (χ0v) is 18.8. The third-order valence-corrected chi connectivity index (χ3v) is 4.97. The molecule has 0 saturated carbocycles. The minimum Gasteiger partial charge on any atom is -0.497 e. The van der Waals surface area contributed by atoms with Gasteiger partial charge in [0.05, 0.1) is 13.3 Å². The molecule has 1 aliphatic carbocycles. The van der Waals surface area contributed by atoms with E-state index in [1.165, 1.54) is 17.3 Å². The zero-order valence-electron chi connectivity index (χ0n) is 16.3. The highest BCUT2D eigenvalue weighted by Gasteiger charge is 2.24. The second-order valence-electron chi connectivity index (χ2n) is 6.90. The molecule has 1 aromatic heterocycles. The largest absolute Gasteiger partial charge is 0.497 e. The van der Waals surface area contributed by atoms with Crippen LogP contribution < -0.4 is 20.9 Å². The molecule has 0 amide bonds.